The maximum atomic E-state index is 14.0. The van der Waals surface area contributed by atoms with Gasteiger partial charge >= 0.3 is 0 Å². The van der Waals surface area contributed by atoms with Crippen LogP contribution in [-0.2, 0) is 14.8 Å². The quantitative estimate of drug-likeness (QED) is 0.708. The molecule has 1 atom stereocenters. The van der Waals surface area contributed by atoms with E-state index in [1.165, 1.54) is 0 Å². The molecule has 0 aromatic heterocycles. The van der Waals surface area contributed by atoms with Gasteiger partial charge in [0.05, 0.1) is 5.02 Å². The van der Waals surface area contributed by atoms with Crippen molar-refractivity contribution in [3.05, 3.63) is 27.4 Å². The summed E-state index contributed by atoms with van der Waals surface area (Å²) in [6.45, 7) is 0. The second-order valence-corrected chi connectivity index (χ2v) is 8.54. The lowest BCUT2D eigenvalue weighted by atomic mass is 9.84. The predicted octanol–water partition coefficient (Wildman–Crippen LogP) is 2.95. The number of halogens is 3. The van der Waals surface area contributed by atoms with E-state index >= 15 is 0 Å². The van der Waals surface area contributed by atoms with Crippen LogP contribution in [0.15, 0.2) is 21.5 Å². The van der Waals surface area contributed by atoms with Gasteiger partial charge in [-0.1, -0.05) is 30.9 Å². The predicted molar refractivity (Wildman–Crippen MR) is 89.0 cm³/mol. The van der Waals surface area contributed by atoms with Gasteiger partial charge in [0.15, 0.2) is 0 Å². The minimum absolute atomic E-state index is 0.0557. The molecule has 1 fully saturated rings. The molecular formula is C14H17BrClFN2O3S. The number of amides is 1. The maximum Gasteiger partial charge on any atom is 0.244 e. The zero-order valence-corrected chi connectivity index (χ0v) is 15.3. The standard InChI is InChI=1S/C14H17BrClFN2O3S/c15-9-6-12(11(17)7-10(9)16)23(21,22)19-13(14(18)20)8-4-2-1-3-5-8/h6-8,13,19H,1-5H2,(H2,18,20)/t13-/m1/s1. The molecule has 1 aromatic rings. The molecule has 0 saturated heterocycles. The second kappa shape index (κ2) is 7.46. The van der Waals surface area contributed by atoms with E-state index in [0.29, 0.717) is 12.8 Å². The number of nitrogens with one attached hydrogen (secondary N) is 1. The van der Waals surface area contributed by atoms with Crippen LogP contribution in [0.4, 0.5) is 4.39 Å². The van der Waals surface area contributed by atoms with Crippen molar-refractivity contribution in [2.75, 3.05) is 0 Å². The van der Waals surface area contributed by atoms with Crippen LogP contribution in [0.3, 0.4) is 0 Å². The Hall–Kier alpha value is -0.700. The molecule has 0 radical (unpaired) electrons. The minimum Gasteiger partial charge on any atom is -0.368 e. The first-order valence-electron chi connectivity index (χ1n) is 7.18. The van der Waals surface area contributed by atoms with Crippen LogP contribution in [0.1, 0.15) is 32.1 Å². The Morgan fingerprint density at radius 1 is 1.35 bits per heavy atom. The summed E-state index contributed by atoms with van der Waals surface area (Å²) in [5.74, 6) is -1.92. The van der Waals surface area contributed by atoms with Crippen molar-refractivity contribution in [3.63, 3.8) is 0 Å². The van der Waals surface area contributed by atoms with Gasteiger partial charge in [0.2, 0.25) is 15.9 Å². The number of primary amides is 1. The summed E-state index contributed by atoms with van der Waals surface area (Å²) in [5, 5.41) is 0.0557. The zero-order chi connectivity index (χ0) is 17.2. The maximum absolute atomic E-state index is 14.0. The number of hydrogen-bond acceptors (Lipinski definition) is 3. The summed E-state index contributed by atoms with van der Waals surface area (Å²) in [5.41, 5.74) is 5.35. The van der Waals surface area contributed by atoms with Gasteiger partial charge in [-0.15, -0.1) is 0 Å². The van der Waals surface area contributed by atoms with Crippen molar-refractivity contribution in [2.24, 2.45) is 11.7 Å². The number of sulfonamides is 1. The van der Waals surface area contributed by atoms with E-state index in [2.05, 4.69) is 20.7 Å². The number of carbonyl (C=O) groups is 1. The van der Waals surface area contributed by atoms with Gasteiger partial charge in [-0.05, 0) is 46.8 Å². The van der Waals surface area contributed by atoms with Gasteiger partial charge in [-0.25, -0.2) is 12.8 Å². The van der Waals surface area contributed by atoms with Crippen LogP contribution < -0.4 is 10.5 Å². The Morgan fingerprint density at radius 2 is 1.96 bits per heavy atom. The van der Waals surface area contributed by atoms with Gasteiger partial charge < -0.3 is 5.73 Å². The molecular weight excluding hydrogens is 411 g/mol. The number of hydrogen-bond donors (Lipinski definition) is 2. The average molecular weight is 428 g/mol. The number of benzene rings is 1. The second-order valence-electron chi connectivity index (χ2n) is 5.60. The molecule has 23 heavy (non-hydrogen) atoms. The first-order chi connectivity index (χ1) is 10.7. The molecule has 0 bridgehead atoms. The normalized spacial score (nSPS) is 17.9. The summed E-state index contributed by atoms with van der Waals surface area (Å²) >= 11 is 8.80. The monoisotopic (exact) mass is 426 g/mol. The lowest BCUT2D eigenvalue weighted by molar-refractivity contribution is -0.121. The van der Waals surface area contributed by atoms with E-state index in [1.54, 1.807) is 0 Å². The topological polar surface area (TPSA) is 89.3 Å². The summed E-state index contributed by atoms with van der Waals surface area (Å²) < 4.78 is 41.4. The SMILES string of the molecule is NC(=O)[C@H](NS(=O)(=O)c1cc(Br)c(Cl)cc1F)C1CCCCC1. The van der Waals surface area contributed by atoms with Gasteiger partial charge in [0.1, 0.15) is 16.8 Å². The molecule has 0 spiro atoms. The highest BCUT2D eigenvalue weighted by Gasteiger charge is 2.33. The molecule has 3 N–H and O–H groups in total. The van der Waals surface area contributed by atoms with Crippen molar-refractivity contribution in [1.82, 2.24) is 4.72 Å². The molecule has 5 nitrogen and oxygen atoms in total. The van der Waals surface area contributed by atoms with E-state index in [0.717, 1.165) is 31.4 Å². The third-order valence-electron chi connectivity index (χ3n) is 3.97. The minimum atomic E-state index is -4.24. The van der Waals surface area contributed by atoms with Gasteiger partial charge in [-0.2, -0.15) is 4.72 Å². The van der Waals surface area contributed by atoms with Gasteiger partial charge in [0.25, 0.3) is 0 Å². The van der Waals surface area contributed by atoms with Crippen LogP contribution in [0.25, 0.3) is 0 Å². The number of rotatable bonds is 5. The Bertz CT molecular complexity index is 708. The Morgan fingerprint density at radius 3 is 2.52 bits per heavy atom. The van der Waals surface area contributed by atoms with Crippen molar-refractivity contribution in [1.29, 1.82) is 0 Å². The van der Waals surface area contributed by atoms with Crippen molar-refractivity contribution < 1.29 is 17.6 Å². The fraction of sp³-hybridized carbons (Fsp3) is 0.500. The fourth-order valence-corrected chi connectivity index (χ4v) is 4.80. The van der Waals surface area contributed by atoms with E-state index in [9.17, 15) is 17.6 Å². The number of nitrogens with two attached hydrogens (primary N) is 1. The molecule has 1 aliphatic carbocycles. The van der Waals surface area contributed by atoms with E-state index in [1.807, 2.05) is 0 Å². The van der Waals surface area contributed by atoms with E-state index in [4.69, 9.17) is 17.3 Å². The molecule has 0 heterocycles. The fourth-order valence-electron chi connectivity index (χ4n) is 2.79. The van der Waals surface area contributed by atoms with Gasteiger partial charge in [-0.3, -0.25) is 4.79 Å². The van der Waals surface area contributed by atoms with E-state index in [-0.39, 0.29) is 15.4 Å². The lowest BCUT2D eigenvalue weighted by Crippen LogP contribution is -2.49. The van der Waals surface area contributed by atoms with Crippen molar-refractivity contribution in [3.8, 4) is 0 Å². The van der Waals surface area contributed by atoms with Crippen LogP contribution in [0.5, 0.6) is 0 Å². The van der Waals surface area contributed by atoms with Crippen LogP contribution in [0.2, 0.25) is 5.02 Å². The molecule has 1 aliphatic rings. The van der Waals surface area contributed by atoms with Crippen LogP contribution in [0, 0.1) is 11.7 Å². The van der Waals surface area contributed by atoms with Crippen molar-refractivity contribution in [2.45, 2.75) is 43.0 Å². The Labute approximate surface area is 147 Å². The smallest absolute Gasteiger partial charge is 0.244 e. The molecule has 1 aromatic carbocycles. The Balaban J connectivity index is 2.31. The molecule has 9 heteroatoms. The van der Waals surface area contributed by atoms with Crippen LogP contribution in [-0.4, -0.2) is 20.4 Å². The van der Waals surface area contributed by atoms with Gasteiger partial charge in [0, 0.05) is 4.47 Å². The highest BCUT2D eigenvalue weighted by Crippen LogP contribution is 2.30. The van der Waals surface area contributed by atoms with E-state index < -0.39 is 32.7 Å². The molecule has 1 saturated carbocycles. The molecule has 0 aliphatic heterocycles. The third-order valence-corrected chi connectivity index (χ3v) is 6.63. The summed E-state index contributed by atoms with van der Waals surface area (Å²) in [4.78, 5) is 11.1. The lowest BCUT2D eigenvalue weighted by Gasteiger charge is -2.28. The highest BCUT2D eigenvalue weighted by atomic mass is 79.9. The molecule has 128 valence electrons. The summed E-state index contributed by atoms with van der Waals surface area (Å²) in [6.07, 6.45) is 4.30. The Kier molecular flexibility index (Phi) is 6.05. The number of carbonyl (C=O) groups excluding carboxylic acids is 1. The first-order valence-corrected chi connectivity index (χ1v) is 9.84. The largest absolute Gasteiger partial charge is 0.368 e. The highest BCUT2D eigenvalue weighted by molar-refractivity contribution is 9.10. The van der Waals surface area contributed by atoms with Crippen LogP contribution >= 0.6 is 27.5 Å². The first kappa shape index (κ1) is 18.6. The third kappa shape index (κ3) is 4.43. The molecule has 0 unspecified atom stereocenters. The average Bonchev–Trinajstić information content (AvgIpc) is 2.49. The summed E-state index contributed by atoms with van der Waals surface area (Å²) in [7, 11) is -4.24. The summed E-state index contributed by atoms with van der Waals surface area (Å²) in [6, 6.07) is 0.924. The zero-order valence-electron chi connectivity index (χ0n) is 12.2. The molecule has 1 amide bonds. The van der Waals surface area contributed by atoms with Crippen molar-refractivity contribution >= 4 is 43.5 Å². The molecule has 2 rings (SSSR count).